The first-order chi connectivity index (χ1) is 18.8. The summed E-state index contributed by atoms with van der Waals surface area (Å²) in [7, 11) is -0.493. The maximum atomic E-state index is 13.8. The third-order valence-corrected chi connectivity index (χ3v) is 9.70. The van der Waals surface area contributed by atoms with Crippen molar-refractivity contribution in [2.75, 3.05) is 32.2 Å². The third kappa shape index (κ3) is 5.61. The van der Waals surface area contributed by atoms with Crippen molar-refractivity contribution >= 4 is 42.6 Å². The van der Waals surface area contributed by atoms with Crippen molar-refractivity contribution in [1.29, 1.82) is 0 Å². The zero-order valence-electron chi connectivity index (χ0n) is 22.0. The van der Waals surface area contributed by atoms with Crippen LogP contribution in [-0.2, 0) is 16.6 Å². The molecule has 0 radical (unpaired) electrons. The molecule has 0 spiro atoms. The van der Waals surface area contributed by atoms with Gasteiger partial charge in [0.1, 0.15) is 0 Å². The van der Waals surface area contributed by atoms with E-state index in [9.17, 15) is 13.2 Å². The average Bonchev–Trinajstić information content (AvgIpc) is 3.38. The van der Waals surface area contributed by atoms with Crippen LogP contribution >= 0.6 is 11.3 Å². The average molecular weight is 567 g/mol. The van der Waals surface area contributed by atoms with Gasteiger partial charge in [0.2, 0.25) is 10.0 Å². The topological polar surface area (TPSA) is 102 Å². The number of pyridine rings is 1. The van der Waals surface area contributed by atoms with Gasteiger partial charge in [0.25, 0.3) is 5.91 Å². The molecular weight excluding hydrogens is 536 g/mol. The van der Waals surface area contributed by atoms with E-state index in [1.54, 1.807) is 49.7 Å². The summed E-state index contributed by atoms with van der Waals surface area (Å²) in [5.41, 5.74) is 1.87. The van der Waals surface area contributed by atoms with Crippen molar-refractivity contribution in [1.82, 2.24) is 14.3 Å². The number of benzene rings is 2. The predicted octanol–water partition coefficient (Wildman–Crippen LogP) is 4.98. The van der Waals surface area contributed by atoms with Crippen LogP contribution in [0.15, 0.2) is 65.8 Å². The molecule has 1 amide bonds. The molecule has 4 aromatic rings. The van der Waals surface area contributed by atoms with Crippen molar-refractivity contribution in [3.05, 3.63) is 72.1 Å². The fraction of sp³-hybridized carbons (Fsp3) is 0.321. The summed E-state index contributed by atoms with van der Waals surface area (Å²) in [5.74, 6) is 1.15. The summed E-state index contributed by atoms with van der Waals surface area (Å²) < 4.78 is 39.6. The van der Waals surface area contributed by atoms with Crippen LogP contribution in [0.3, 0.4) is 0 Å². The van der Waals surface area contributed by atoms with E-state index in [2.05, 4.69) is 11.9 Å². The Morgan fingerprint density at radius 1 is 1.13 bits per heavy atom. The molecule has 5 rings (SSSR count). The molecule has 0 saturated carbocycles. The normalized spacial score (nSPS) is 16.2. The fourth-order valence-electron chi connectivity index (χ4n) is 4.70. The first kappa shape index (κ1) is 27.0. The molecule has 0 N–H and O–H groups in total. The Hall–Kier alpha value is -3.54. The Kier molecular flexibility index (Phi) is 7.83. The number of amides is 1. The number of methoxy groups -OCH3 is 2. The van der Waals surface area contributed by atoms with Gasteiger partial charge in [-0.2, -0.15) is 4.31 Å². The lowest BCUT2D eigenvalue weighted by atomic mass is 10.0. The summed E-state index contributed by atoms with van der Waals surface area (Å²) in [6, 6.07) is 13.5. The Morgan fingerprint density at radius 3 is 2.54 bits per heavy atom. The minimum atomic E-state index is -3.62. The van der Waals surface area contributed by atoms with Crippen LogP contribution in [0.5, 0.6) is 11.5 Å². The first-order valence-corrected chi connectivity index (χ1v) is 14.9. The Balaban J connectivity index is 1.48. The number of rotatable bonds is 8. The summed E-state index contributed by atoms with van der Waals surface area (Å²) >= 11 is 1.36. The minimum absolute atomic E-state index is 0.186. The maximum Gasteiger partial charge on any atom is 0.260 e. The SMILES string of the molecule is COc1cc2nc(N(Cc3cccnc3)C(=O)c3ccc(S(=O)(=O)N4CCCC(C)C4)cc3)sc2cc1OC. The van der Waals surface area contributed by atoms with Gasteiger partial charge in [-0.25, -0.2) is 13.4 Å². The summed E-state index contributed by atoms with van der Waals surface area (Å²) in [5, 5.41) is 0.494. The smallest absolute Gasteiger partial charge is 0.260 e. The molecule has 1 saturated heterocycles. The number of ether oxygens (including phenoxy) is 2. The number of hydrogen-bond donors (Lipinski definition) is 0. The number of sulfonamides is 1. The van der Waals surface area contributed by atoms with Crippen molar-refractivity contribution in [2.24, 2.45) is 5.92 Å². The molecule has 0 aliphatic carbocycles. The molecular formula is C28H30N4O5S2. The van der Waals surface area contributed by atoms with Gasteiger partial charge in [-0.3, -0.25) is 14.7 Å². The van der Waals surface area contributed by atoms with E-state index >= 15 is 0 Å². The largest absolute Gasteiger partial charge is 0.493 e. The number of thiazole rings is 1. The summed E-state index contributed by atoms with van der Waals surface area (Å²) in [4.78, 5) is 24.5. The number of aromatic nitrogens is 2. The van der Waals surface area contributed by atoms with E-state index in [-0.39, 0.29) is 17.3 Å². The molecule has 0 bridgehead atoms. The highest BCUT2D eigenvalue weighted by atomic mass is 32.2. The second kappa shape index (κ2) is 11.3. The monoisotopic (exact) mass is 566 g/mol. The van der Waals surface area contributed by atoms with Gasteiger partial charge in [-0.05, 0) is 54.7 Å². The zero-order valence-corrected chi connectivity index (χ0v) is 23.7. The molecule has 39 heavy (non-hydrogen) atoms. The third-order valence-electron chi connectivity index (χ3n) is 6.78. The minimum Gasteiger partial charge on any atom is -0.493 e. The van der Waals surface area contributed by atoms with Gasteiger partial charge >= 0.3 is 0 Å². The van der Waals surface area contributed by atoms with Crippen LogP contribution in [0.4, 0.5) is 5.13 Å². The molecule has 2 aromatic carbocycles. The van der Waals surface area contributed by atoms with E-state index in [1.807, 2.05) is 18.2 Å². The molecule has 9 nitrogen and oxygen atoms in total. The van der Waals surface area contributed by atoms with Gasteiger partial charge in [0, 0.05) is 43.2 Å². The standard InChI is InChI=1S/C28H30N4O5S2/c1-19-6-5-13-31(17-19)39(34,35)22-10-8-21(9-11-22)27(33)32(18-20-7-4-12-29-16-20)28-30-23-14-24(36-2)25(37-3)15-26(23)38-28/h4,7-12,14-16,19H,5-6,13,17-18H2,1-3H3. The van der Waals surface area contributed by atoms with Crippen LogP contribution in [0.2, 0.25) is 0 Å². The van der Waals surface area contributed by atoms with Gasteiger partial charge in [-0.15, -0.1) is 0 Å². The van der Waals surface area contributed by atoms with E-state index in [0.29, 0.717) is 46.7 Å². The number of carbonyl (C=O) groups is 1. The highest BCUT2D eigenvalue weighted by Gasteiger charge is 2.29. The first-order valence-electron chi connectivity index (χ1n) is 12.6. The number of nitrogens with zero attached hydrogens (tertiary/aromatic N) is 4. The molecule has 204 valence electrons. The van der Waals surface area contributed by atoms with Gasteiger partial charge in [0.05, 0.1) is 35.9 Å². The number of anilines is 1. The van der Waals surface area contributed by atoms with Crippen molar-refractivity contribution < 1.29 is 22.7 Å². The predicted molar refractivity (Wildman–Crippen MR) is 151 cm³/mol. The summed E-state index contributed by atoms with van der Waals surface area (Å²) in [6.45, 7) is 3.33. The fourth-order valence-corrected chi connectivity index (χ4v) is 7.27. The van der Waals surface area contributed by atoms with E-state index in [1.165, 1.54) is 27.8 Å². The van der Waals surface area contributed by atoms with Gasteiger partial charge in [-0.1, -0.05) is 24.3 Å². The highest BCUT2D eigenvalue weighted by Crippen LogP contribution is 2.38. The lowest BCUT2D eigenvalue weighted by molar-refractivity contribution is 0.0985. The molecule has 3 heterocycles. The van der Waals surface area contributed by atoms with Crippen molar-refractivity contribution in [3.8, 4) is 11.5 Å². The second-order valence-electron chi connectivity index (χ2n) is 9.56. The molecule has 1 unspecified atom stereocenters. The maximum absolute atomic E-state index is 13.8. The van der Waals surface area contributed by atoms with Crippen LogP contribution in [0.1, 0.15) is 35.7 Å². The van der Waals surface area contributed by atoms with Crippen LogP contribution in [-0.4, -0.2) is 55.9 Å². The number of fused-ring (bicyclic) bond motifs is 1. The van der Waals surface area contributed by atoms with Crippen LogP contribution < -0.4 is 14.4 Å². The molecule has 2 aromatic heterocycles. The quantitative estimate of drug-likeness (QED) is 0.297. The Morgan fingerprint density at radius 2 is 1.87 bits per heavy atom. The lowest BCUT2D eigenvalue weighted by Gasteiger charge is -2.30. The van der Waals surface area contributed by atoms with Gasteiger partial charge < -0.3 is 9.47 Å². The molecule has 1 atom stereocenters. The molecule has 1 aliphatic rings. The Labute approximate surface area is 232 Å². The van der Waals surface area contributed by atoms with E-state index < -0.39 is 10.0 Å². The van der Waals surface area contributed by atoms with Gasteiger partial charge in [0.15, 0.2) is 16.6 Å². The molecule has 1 aliphatic heterocycles. The highest BCUT2D eigenvalue weighted by molar-refractivity contribution is 7.89. The number of hydrogen-bond acceptors (Lipinski definition) is 8. The molecule has 1 fully saturated rings. The zero-order chi connectivity index (χ0) is 27.6. The lowest BCUT2D eigenvalue weighted by Crippen LogP contribution is -2.39. The van der Waals surface area contributed by atoms with Crippen molar-refractivity contribution in [3.63, 3.8) is 0 Å². The van der Waals surface area contributed by atoms with Crippen LogP contribution in [0.25, 0.3) is 10.2 Å². The number of carbonyl (C=O) groups excluding carboxylic acids is 1. The molecule has 11 heteroatoms. The van der Waals surface area contributed by atoms with Crippen LogP contribution in [0, 0.1) is 5.92 Å². The summed E-state index contributed by atoms with van der Waals surface area (Å²) in [6.07, 6.45) is 5.25. The second-order valence-corrected chi connectivity index (χ2v) is 12.5. The Bertz CT molecular complexity index is 1530. The number of piperidine rings is 1. The van der Waals surface area contributed by atoms with E-state index in [0.717, 1.165) is 23.1 Å². The van der Waals surface area contributed by atoms with E-state index in [4.69, 9.17) is 14.5 Å². The van der Waals surface area contributed by atoms with Crippen molar-refractivity contribution in [2.45, 2.75) is 31.2 Å².